The second kappa shape index (κ2) is 6.89. The monoisotopic (exact) mass is 307 g/mol. The maximum atomic E-state index is 12.0. The highest BCUT2D eigenvalue weighted by molar-refractivity contribution is 7.90. The normalized spacial score (nSPS) is 19.4. The van der Waals surface area contributed by atoms with Gasteiger partial charge in [-0.2, -0.15) is 0 Å². The maximum Gasteiger partial charge on any atom is 0.235 e. The molecule has 1 N–H and O–H groups in total. The Hall–Kier alpha value is -1.62. The zero-order valence-corrected chi connectivity index (χ0v) is 13.0. The lowest BCUT2D eigenvalue weighted by Gasteiger charge is -2.14. The van der Waals surface area contributed by atoms with Crippen LogP contribution in [-0.2, 0) is 14.8 Å². The van der Waals surface area contributed by atoms with E-state index in [4.69, 9.17) is 0 Å². The Morgan fingerprint density at radius 3 is 2.67 bits per heavy atom. The third-order valence-corrected chi connectivity index (χ3v) is 5.14. The molecule has 1 aromatic rings. The lowest BCUT2D eigenvalue weighted by molar-refractivity contribution is -0.119. The Labute approximate surface area is 126 Å². The molecular formula is C16H21NO3S. The Bertz CT molecular complexity index is 608. The van der Waals surface area contributed by atoms with E-state index in [0.29, 0.717) is 0 Å². The largest absolute Gasteiger partial charge is 0.274 e. The van der Waals surface area contributed by atoms with Crippen LogP contribution >= 0.6 is 0 Å². The molecule has 0 spiro atoms. The van der Waals surface area contributed by atoms with Crippen molar-refractivity contribution in [2.45, 2.75) is 32.1 Å². The molecule has 2 rings (SSSR count). The lowest BCUT2D eigenvalue weighted by Crippen LogP contribution is -2.34. The molecule has 1 aliphatic carbocycles. The molecule has 0 radical (unpaired) electrons. The van der Waals surface area contributed by atoms with Gasteiger partial charge in [0.1, 0.15) is 0 Å². The number of amides is 1. The Balaban J connectivity index is 1.89. The van der Waals surface area contributed by atoms with Crippen LogP contribution in [0.2, 0.25) is 0 Å². The number of rotatable bonds is 6. The SMILES string of the molecule is CC(CS(=O)(=O)NC(=O)CC1C=CCC1)c1ccccc1. The minimum atomic E-state index is -3.59. The smallest absolute Gasteiger partial charge is 0.235 e. The van der Waals surface area contributed by atoms with Crippen molar-refractivity contribution in [2.75, 3.05) is 5.75 Å². The van der Waals surface area contributed by atoms with E-state index in [2.05, 4.69) is 4.72 Å². The van der Waals surface area contributed by atoms with E-state index in [1.807, 2.05) is 49.4 Å². The van der Waals surface area contributed by atoms with Gasteiger partial charge in [0.25, 0.3) is 0 Å². The van der Waals surface area contributed by atoms with Crippen LogP contribution in [-0.4, -0.2) is 20.1 Å². The molecule has 4 nitrogen and oxygen atoms in total. The van der Waals surface area contributed by atoms with Gasteiger partial charge >= 0.3 is 0 Å². The minimum absolute atomic E-state index is 0.0801. The number of nitrogens with one attached hydrogen (secondary N) is 1. The van der Waals surface area contributed by atoms with Crippen molar-refractivity contribution in [1.82, 2.24) is 4.72 Å². The van der Waals surface area contributed by atoms with Gasteiger partial charge in [0.05, 0.1) is 5.75 Å². The van der Waals surface area contributed by atoms with Crippen LogP contribution in [0.25, 0.3) is 0 Å². The third-order valence-electron chi connectivity index (χ3n) is 3.67. The summed E-state index contributed by atoms with van der Waals surface area (Å²) in [6.45, 7) is 1.85. The summed E-state index contributed by atoms with van der Waals surface area (Å²) in [6.07, 6.45) is 6.15. The number of benzene rings is 1. The summed E-state index contributed by atoms with van der Waals surface area (Å²) in [6, 6.07) is 9.44. The third kappa shape index (κ3) is 5.01. The van der Waals surface area contributed by atoms with E-state index in [-0.39, 0.29) is 24.0 Å². The molecule has 2 atom stereocenters. The molecular weight excluding hydrogens is 286 g/mol. The van der Waals surface area contributed by atoms with Gasteiger partial charge < -0.3 is 0 Å². The standard InChI is InChI=1S/C16H21NO3S/c1-13(15-9-3-2-4-10-15)12-21(19,20)17-16(18)11-14-7-5-6-8-14/h2-5,7,9-10,13-14H,6,8,11-12H2,1H3,(H,17,18). The van der Waals surface area contributed by atoms with Gasteiger partial charge in [0, 0.05) is 6.42 Å². The fourth-order valence-corrected chi connectivity index (χ4v) is 3.93. The summed E-state index contributed by atoms with van der Waals surface area (Å²) < 4.78 is 26.3. The number of carbonyl (C=O) groups excluding carboxylic acids is 1. The molecule has 0 fully saturated rings. The first kappa shape index (κ1) is 15.8. The summed E-state index contributed by atoms with van der Waals surface area (Å²) in [5, 5.41) is 0. The topological polar surface area (TPSA) is 63.2 Å². The summed E-state index contributed by atoms with van der Waals surface area (Å²) >= 11 is 0. The minimum Gasteiger partial charge on any atom is -0.274 e. The van der Waals surface area contributed by atoms with Crippen molar-refractivity contribution in [3.05, 3.63) is 48.0 Å². The zero-order chi connectivity index (χ0) is 15.3. The van der Waals surface area contributed by atoms with Crippen LogP contribution in [0.1, 0.15) is 37.7 Å². The predicted octanol–water partition coefficient (Wildman–Crippen LogP) is 2.59. The van der Waals surface area contributed by atoms with Gasteiger partial charge in [0.15, 0.2) is 0 Å². The van der Waals surface area contributed by atoms with Gasteiger partial charge in [-0.05, 0) is 30.2 Å². The molecule has 0 bridgehead atoms. The number of carbonyl (C=O) groups is 1. The maximum absolute atomic E-state index is 12.0. The summed E-state index contributed by atoms with van der Waals surface area (Å²) in [7, 11) is -3.59. The van der Waals surface area contributed by atoms with Gasteiger partial charge in [-0.1, -0.05) is 49.4 Å². The van der Waals surface area contributed by atoms with Crippen LogP contribution in [0.15, 0.2) is 42.5 Å². The van der Waals surface area contributed by atoms with Gasteiger partial charge in [-0.15, -0.1) is 0 Å². The molecule has 114 valence electrons. The first-order chi connectivity index (χ1) is 9.96. The van der Waals surface area contributed by atoms with Gasteiger partial charge in [0.2, 0.25) is 15.9 Å². The van der Waals surface area contributed by atoms with Crippen molar-refractivity contribution in [2.24, 2.45) is 5.92 Å². The first-order valence-electron chi connectivity index (χ1n) is 7.21. The van der Waals surface area contributed by atoms with Crippen molar-refractivity contribution in [3.63, 3.8) is 0 Å². The number of allylic oxidation sites excluding steroid dienone is 2. The van der Waals surface area contributed by atoms with E-state index in [0.717, 1.165) is 18.4 Å². The van der Waals surface area contributed by atoms with E-state index < -0.39 is 15.9 Å². The number of hydrogen-bond donors (Lipinski definition) is 1. The van der Waals surface area contributed by atoms with E-state index in [1.165, 1.54) is 0 Å². The Morgan fingerprint density at radius 2 is 2.05 bits per heavy atom. The fourth-order valence-electron chi connectivity index (χ4n) is 2.57. The molecule has 0 aliphatic heterocycles. The van der Waals surface area contributed by atoms with Crippen molar-refractivity contribution >= 4 is 15.9 Å². The quantitative estimate of drug-likeness (QED) is 0.822. The van der Waals surface area contributed by atoms with Gasteiger partial charge in [-0.25, -0.2) is 8.42 Å². The van der Waals surface area contributed by atoms with Crippen LogP contribution in [0.3, 0.4) is 0 Å². The predicted molar refractivity (Wildman–Crippen MR) is 83.3 cm³/mol. The second-order valence-corrected chi connectivity index (χ2v) is 7.36. The van der Waals surface area contributed by atoms with Crippen LogP contribution in [0.5, 0.6) is 0 Å². The molecule has 0 aromatic heterocycles. The highest BCUT2D eigenvalue weighted by Crippen LogP contribution is 2.20. The number of sulfonamides is 1. The molecule has 21 heavy (non-hydrogen) atoms. The van der Waals surface area contributed by atoms with E-state index in [9.17, 15) is 13.2 Å². The van der Waals surface area contributed by atoms with E-state index >= 15 is 0 Å². The molecule has 1 aliphatic rings. The molecule has 1 aromatic carbocycles. The molecule has 0 heterocycles. The highest BCUT2D eigenvalue weighted by Gasteiger charge is 2.21. The van der Waals surface area contributed by atoms with E-state index in [1.54, 1.807) is 0 Å². The fraction of sp³-hybridized carbons (Fsp3) is 0.438. The Morgan fingerprint density at radius 1 is 1.33 bits per heavy atom. The number of hydrogen-bond acceptors (Lipinski definition) is 3. The first-order valence-corrected chi connectivity index (χ1v) is 8.86. The molecule has 0 saturated carbocycles. The molecule has 1 amide bonds. The Kier molecular flexibility index (Phi) is 5.17. The summed E-state index contributed by atoms with van der Waals surface area (Å²) in [5.74, 6) is -0.468. The zero-order valence-electron chi connectivity index (χ0n) is 12.2. The highest BCUT2D eigenvalue weighted by atomic mass is 32.2. The van der Waals surface area contributed by atoms with Crippen LogP contribution < -0.4 is 4.72 Å². The van der Waals surface area contributed by atoms with Gasteiger partial charge in [-0.3, -0.25) is 9.52 Å². The lowest BCUT2D eigenvalue weighted by atomic mass is 10.0. The molecule has 5 heteroatoms. The second-order valence-electron chi connectivity index (χ2n) is 5.59. The van der Waals surface area contributed by atoms with Crippen molar-refractivity contribution in [3.8, 4) is 0 Å². The molecule has 0 saturated heterocycles. The summed E-state index contributed by atoms with van der Waals surface area (Å²) in [5.41, 5.74) is 0.953. The average molecular weight is 307 g/mol. The average Bonchev–Trinajstić information content (AvgIpc) is 2.91. The van der Waals surface area contributed by atoms with Crippen molar-refractivity contribution in [1.29, 1.82) is 0 Å². The molecule has 2 unspecified atom stereocenters. The van der Waals surface area contributed by atoms with Crippen molar-refractivity contribution < 1.29 is 13.2 Å². The summed E-state index contributed by atoms with van der Waals surface area (Å²) in [4.78, 5) is 11.8. The van der Waals surface area contributed by atoms with Crippen LogP contribution in [0, 0.1) is 5.92 Å². The van der Waals surface area contributed by atoms with Crippen LogP contribution in [0.4, 0.5) is 0 Å².